The molecular formula is C16H27NO2. The van der Waals surface area contributed by atoms with Crippen molar-refractivity contribution in [2.45, 2.75) is 45.6 Å². The summed E-state index contributed by atoms with van der Waals surface area (Å²) >= 11 is 0. The van der Waals surface area contributed by atoms with Crippen LogP contribution in [-0.2, 0) is 0 Å². The maximum Gasteiger partial charge on any atom is 0.119 e. The molecule has 1 aromatic carbocycles. The summed E-state index contributed by atoms with van der Waals surface area (Å²) in [5.74, 6) is 1.42. The van der Waals surface area contributed by atoms with Crippen molar-refractivity contribution >= 4 is 0 Å². The first-order valence-corrected chi connectivity index (χ1v) is 7.24. The van der Waals surface area contributed by atoms with Gasteiger partial charge in [-0.1, -0.05) is 32.9 Å². The first kappa shape index (κ1) is 16.0. The second-order valence-electron chi connectivity index (χ2n) is 5.20. The maximum atomic E-state index is 9.05. The molecule has 0 amide bonds. The highest BCUT2D eigenvalue weighted by Crippen LogP contribution is 2.20. The van der Waals surface area contributed by atoms with Gasteiger partial charge in [-0.15, -0.1) is 0 Å². The predicted octanol–water partition coefficient (Wildman–Crippen LogP) is 2.94. The molecule has 0 aliphatic rings. The molecule has 19 heavy (non-hydrogen) atoms. The molecule has 0 radical (unpaired) electrons. The van der Waals surface area contributed by atoms with Crippen molar-refractivity contribution in [1.29, 1.82) is 0 Å². The number of nitrogens with one attached hydrogen (secondary N) is 1. The van der Waals surface area contributed by atoms with E-state index < -0.39 is 0 Å². The zero-order valence-corrected chi connectivity index (χ0v) is 12.4. The third kappa shape index (κ3) is 6.08. The molecule has 0 aliphatic heterocycles. The average Bonchev–Trinajstić information content (AvgIpc) is 2.42. The minimum Gasteiger partial charge on any atom is -0.492 e. The van der Waals surface area contributed by atoms with Gasteiger partial charge in [0.15, 0.2) is 0 Å². The average molecular weight is 265 g/mol. The lowest BCUT2D eigenvalue weighted by Gasteiger charge is -2.18. The van der Waals surface area contributed by atoms with Crippen molar-refractivity contribution < 1.29 is 9.84 Å². The van der Waals surface area contributed by atoms with Crippen LogP contribution in [-0.4, -0.2) is 30.9 Å². The molecule has 0 spiro atoms. The monoisotopic (exact) mass is 265 g/mol. The van der Waals surface area contributed by atoms with Crippen LogP contribution in [0.4, 0.5) is 0 Å². The second kappa shape index (κ2) is 8.94. The van der Waals surface area contributed by atoms with Crippen molar-refractivity contribution in [2.75, 3.05) is 19.8 Å². The lowest BCUT2D eigenvalue weighted by molar-refractivity contribution is 0.213. The molecule has 1 rings (SSSR count). The van der Waals surface area contributed by atoms with Gasteiger partial charge in [-0.3, -0.25) is 0 Å². The van der Waals surface area contributed by atoms with Crippen molar-refractivity contribution in [1.82, 2.24) is 5.32 Å². The minimum atomic E-state index is 0.191. The highest BCUT2D eigenvalue weighted by Gasteiger charge is 2.08. The van der Waals surface area contributed by atoms with E-state index in [0.29, 0.717) is 12.5 Å². The molecular weight excluding hydrogens is 238 g/mol. The van der Waals surface area contributed by atoms with E-state index >= 15 is 0 Å². The van der Waals surface area contributed by atoms with E-state index in [2.05, 4.69) is 38.2 Å². The summed E-state index contributed by atoms with van der Waals surface area (Å²) in [6.45, 7) is 8.24. The van der Waals surface area contributed by atoms with Gasteiger partial charge in [0, 0.05) is 12.6 Å². The van der Waals surface area contributed by atoms with Gasteiger partial charge in [0.1, 0.15) is 12.4 Å². The zero-order chi connectivity index (χ0) is 14.1. The first-order valence-electron chi connectivity index (χ1n) is 7.24. The van der Waals surface area contributed by atoms with E-state index in [4.69, 9.17) is 9.84 Å². The molecule has 1 atom stereocenters. The van der Waals surface area contributed by atoms with Crippen LogP contribution in [0, 0.1) is 0 Å². The van der Waals surface area contributed by atoms with Gasteiger partial charge >= 0.3 is 0 Å². The number of rotatable bonds is 9. The molecule has 2 N–H and O–H groups in total. The molecule has 3 nitrogen and oxygen atoms in total. The van der Waals surface area contributed by atoms with E-state index in [1.165, 1.54) is 5.56 Å². The van der Waals surface area contributed by atoms with Crippen molar-refractivity contribution in [3.8, 4) is 5.75 Å². The molecule has 108 valence electrons. The van der Waals surface area contributed by atoms with Crippen LogP contribution in [0.2, 0.25) is 0 Å². The van der Waals surface area contributed by atoms with Gasteiger partial charge in [0.25, 0.3) is 0 Å². The second-order valence-corrected chi connectivity index (χ2v) is 5.20. The molecule has 0 aliphatic carbocycles. The minimum absolute atomic E-state index is 0.191. The summed E-state index contributed by atoms with van der Waals surface area (Å²) in [5, 5.41) is 12.4. The third-order valence-corrected chi connectivity index (χ3v) is 3.14. The normalized spacial score (nSPS) is 12.7. The number of aliphatic hydroxyl groups is 1. The highest BCUT2D eigenvalue weighted by molar-refractivity contribution is 5.30. The zero-order valence-electron chi connectivity index (χ0n) is 12.4. The van der Waals surface area contributed by atoms with E-state index in [1.807, 2.05) is 12.1 Å². The predicted molar refractivity (Wildman–Crippen MR) is 79.8 cm³/mol. The molecule has 0 saturated heterocycles. The highest BCUT2D eigenvalue weighted by atomic mass is 16.5. The fourth-order valence-electron chi connectivity index (χ4n) is 1.91. The van der Waals surface area contributed by atoms with Crippen molar-refractivity contribution in [2.24, 2.45) is 0 Å². The largest absolute Gasteiger partial charge is 0.492 e. The Morgan fingerprint density at radius 1 is 1.32 bits per heavy atom. The van der Waals surface area contributed by atoms with E-state index in [9.17, 15) is 0 Å². The van der Waals surface area contributed by atoms with Crippen LogP contribution in [0.1, 0.15) is 45.1 Å². The standard InChI is InChI=1S/C16H27NO2/c1-4-9-17-15(8-10-18)12-19-16-7-5-6-14(11-16)13(2)3/h5-7,11,13,15,17-18H,4,8-10,12H2,1-3H3. The summed E-state index contributed by atoms with van der Waals surface area (Å²) < 4.78 is 5.83. The summed E-state index contributed by atoms with van der Waals surface area (Å²) in [6, 6.07) is 8.46. The molecule has 1 aromatic rings. The molecule has 3 heteroatoms. The van der Waals surface area contributed by atoms with Crippen molar-refractivity contribution in [3.05, 3.63) is 29.8 Å². The van der Waals surface area contributed by atoms with Gasteiger partial charge < -0.3 is 15.2 Å². The molecule has 0 saturated carbocycles. The van der Waals surface area contributed by atoms with Gasteiger partial charge in [-0.2, -0.15) is 0 Å². The Kier molecular flexibility index (Phi) is 7.53. The number of hydrogen-bond donors (Lipinski definition) is 2. The van der Waals surface area contributed by atoms with Gasteiger partial charge in [-0.25, -0.2) is 0 Å². The van der Waals surface area contributed by atoms with Crippen LogP contribution in [0.3, 0.4) is 0 Å². The van der Waals surface area contributed by atoms with E-state index in [1.54, 1.807) is 0 Å². The lowest BCUT2D eigenvalue weighted by atomic mass is 10.0. The maximum absolute atomic E-state index is 9.05. The van der Waals surface area contributed by atoms with Crippen LogP contribution >= 0.6 is 0 Å². The first-order chi connectivity index (χ1) is 9.17. The van der Waals surface area contributed by atoms with Crippen LogP contribution < -0.4 is 10.1 Å². The number of ether oxygens (including phenoxy) is 1. The van der Waals surface area contributed by atoms with Gasteiger partial charge in [0.05, 0.1) is 0 Å². The van der Waals surface area contributed by atoms with Gasteiger partial charge in [-0.05, 0) is 43.0 Å². The Balaban J connectivity index is 2.50. The van der Waals surface area contributed by atoms with Crippen LogP contribution in [0.25, 0.3) is 0 Å². The fourth-order valence-corrected chi connectivity index (χ4v) is 1.91. The molecule has 0 aromatic heterocycles. The molecule has 0 heterocycles. The molecule has 0 bridgehead atoms. The molecule has 0 fully saturated rings. The van der Waals surface area contributed by atoms with Crippen LogP contribution in [0.5, 0.6) is 5.75 Å². The van der Waals surface area contributed by atoms with Gasteiger partial charge in [0.2, 0.25) is 0 Å². The van der Waals surface area contributed by atoms with Crippen LogP contribution in [0.15, 0.2) is 24.3 Å². The summed E-state index contributed by atoms with van der Waals surface area (Å²) in [4.78, 5) is 0. The summed E-state index contributed by atoms with van der Waals surface area (Å²) in [7, 11) is 0. The molecule has 1 unspecified atom stereocenters. The van der Waals surface area contributed by atoms with E-state index in [-0.39, 0.29) is 12.6 Å². The topological polar surface area (TPSA) is 41.5 Å². The summed E-state index contributed by atoms with van der Waals surface area (Å²) in [5.41, 5.74) is 1.29. The Labute approximate surface area is 117 Å². The Bertz CT molecular complexity index is 352. The Morgan fingerprint density at radius 3 is 2.74 bits per heavy atom. The summed E-state index contributed by atoms with van der Waals surface area (Å²) in [6.07, 6.45) is 1.81. The number of aliphatic hydroxyl groups excluding tert-OH is 1. The number of hydrogen-bond acceptors (Lipinski definition) is 3. The lowest BCUT2D eigenvalue weighted by Crippen LogP contribution is -2.36. The fraction of sp³-hybridized carbons (Fsp3) is 0.625. The number of benzene rings is 1. The van der Waals surface area contributed by atoms with Crippen molar-refractivity contribution in [3.63, 3.8) is 0 Å². The Hall–Kier alpha value is -1.06. The van der Waals surface area contributed by atoms with E-state index in [0.717, 1.165) is 25.1 Å². The quantitative estimate of drug-likeness (QED) is 0.721. The Morgan fingerprint density at radius 2 is 2.11 bits per heavy atom. The smallest absolute Gasteiger partial charge is 0.119 e. The SMILES string of the molecule is CCCNC(CCO)COc1cccc(C(C)C)c1. The third-order valence-electron chi connectivity index (χ3n) is 3.14.